The average molecular weight is 246 g/mol. The minimum absolute atomic E-state index is 0.0303. The van der Waals surface area contributed by atoms with Gasteiger partial charge in [-0.25, -0.2) is 0 Å². The van der Waals surface area contributed by atoms with Crippen LogP contribution in [0, 0.1) is 17.3 Å². The summed E-state index contributed by atoms with van der Waals surface area (Å²) in [5.74, 6) is -0.289. The van der Waals surface area contributed by atoms with Gasteiger partial charge in [0, 0.05) is 19.2 Å². The number of hydrogen-bond acceptors (Lipinski definition) is 3. The second-order valence-corrected chi connectivity index (χ2v) is 5.48. The van der Waals surface area contributed by atoms with E-state index >= 15 is 0 Å². The van der Waals surface area contributed by atoms with Crippen molar-refractivity contribution in [3.05, 3.63) is 30.1 Å². The Morgan fingerprint density at radius 3 is 2.72 bits per heavy atom. The molecule has 2 atom stereocenters. The summed E-state index contributed by atoms with van der Waals surface area (Å²) in [6.45, 7) is 4.41. The number of rotatable bonds is 4. The Labute approximate surface area is 107 Å². The number of carbonyl (C=O) groups excluding carboxylic acids is 2. The third kappa shape index (κ3) is 2.15. The molecule has 1 aromatic heterocycles. The molecule has 0 N–H and O–H groups in total. The highest BCUT2D eigenvalue weighted by Gasteiger charge is 2.62. The first-order valence-corrected chi connectivity index (χ1v) is 6.08. The molecule has 1 fully saturated rings. The van der Waals surface area contributed by atoms with Crippen molar-refractivity contribution in [1.29, 1.82) is 0 Å². The molecule has 0 saturated heterocycles. The molecule has 96 valence electrons. The quantitative estimate of drug-likeness (QED) is 0.757. The summed E-state index contributed by atoms with van der Waals surface area (Å²) in [4.78, 5) is 29.0. The lowest BCUT2D eigenvalue weighted by Gasteiger charge is -2.17. The van der Waals surface area contributed by atoms with Gasteiger partial charge in [-0.15, -0.1) is 0 Å². The zero-order valence-electron chi connectivity index (χ0n) is 11.0. The highest BCUT2D eigenvalue weighted by Crippen LogP contribution is 2.57. The van der Waals surface area contributed by atoms with Gasteiger partial charge in [-0.05, 0) is 17.5 Å². The second kappa shape index (κ2) is 4.52. The monoisotopic (exact) mass is 246 g/mol. The molecule has 0 unspecified atom stereocenters. The van der Waals surface area contributed by atoms with E-state index in [1.807, 2.05) is 32.0 Å². The Hall–Kier alpha value is -1.71. The van der Waals surface area contributed by atoms with Crippen molar-refractivity contribution in [1.82, 2.24) is 9.88 Å². The second-order valence-electron chi connectivity index (χ2n) is 5.48. The summed E-state index contributed by atoms with van der Waals surface area (Å²) >= 11 is 0. The standard InChI is InChI=1S/C14H18N2O2/c1-14(2)11(9-17)12(14)13(18)16(3)8-10-6-4-5-7-15-10/h4-7,9,11-12H,8H2,1-3H3/t11-,12+/m0/s1. The number of aldehydes is 1. The van der Waals surface area contributed by atoms with E-state index in [4.69, 9.17) is 0 Å². The van der Waals surface area contributed by atoms with Crippen molar-refractivity contribution < 1.29 is 9.59 Å². The number of nitrogens with zero attached hydrogens (tertiary/aromatic N) is 2. The zero-order chi connectivity index (χ0) is 13.3. The third-order valence-electron chi connectivity index (χ3n) is 3.82. The smallest absolute Gasteiger partial charge is 0.227 e. The first-order chi connectivity index (χ1) is 8.48. The maximum absolute atomic E-state index is 12.2. The Morgan fingerprint density at radius 2 is 2.22 bits per heavy atom. The van der Waals surface area contributed by atoms with E-state index in [0.29, 0.717) is 6.54 Å². The maximum Gasteiger partial charge on any atom is 0.227 e. The van der Waals surface area contributed by atoms with Crippen molar-refractivity contribution in [2.75, 3.05) is 7.05 Å². The van der Waals surface area contributed by atoms with Crippen LogP contribution in [0.4, 0.5) is 0 Å². The van der Waals surface area contributed by atoms with Gasteiger partial charge in [-0.2, -0.15) is 0 Å². The minimum atomic E-state index is -0.197. The number of pyridine rings is 1. The van der Waals surface area contributed by atoms with E-state index in [1.54, 1.807) is 18.1 Å². The van der Waals surface area contributed by atoms with Gasteiger partial charge in [0.15, 0.2) is 0 Å². The minimum Gasteiger partial charge on any atom is -0.340 e. The van der Waals surface area contributed by atoms with E-state index in [-0.39, 0.29) is 23.2 Å². The van der Waals surface area contributed by atoms with Crippen LogP contribution in [0.3, 0.4) is 0 Å². The number of carbonyl (C=O) groups is 2. The van der Waals surface area contributed by atoms with Crippen LogP contribution in [-0.4, -0.2) is 29.1 Å². The molecule has 0 spiro atoms. The van der Waals surface area contributed by atoms with E-state index < -0.39 is 0 Å². The summed E-state index contributed by atoms with van der Waals surface area (Å²) in [6.07, 6.45) is 2.61. The molecule has 0 aliphatic heterocycles. The summed E-state index contributed by atoms with van der Waals surface area (Å²) < 4.78 is 0. The highest BCUT2D eigenvalue weighted by molar-refractivity contribution is 5.88. The topological polar surface area (TPSA) is 50.3 Å². The van der Waals surface area contributed by atoms with E-state index in [1.165, 1.54) is 0 Å². The van der Waals surface area contributed by atoms with Crippen LogP contribution in [0.1, 0.15) is 19.5 Å². The van der Waals surface area contributed by atoms with E-state index in [2.05, 4.69) is 4.98 Å². The van der Waals surface area contributed by atoms with Crippen LogP contribution < -0.4 is 0 Å². The van der Waals surface area contributed by atoms with Crippen LogP contribution in [0.5, 0.6) is 0 Å². The molecule has 4 heteroatoms. The average Bonchev–Trinajstić information content (AvgIpc) is 2.91. The molecular formula is C14H18N2O2. The Kier molecular flexibility index (Phi) is 3.20. The lowest BCUT2D eigenvalue weighted by Crippen LogP contribution is -2.29. The van der Waals surface area contributed by atoms with Crippen molar-refractivity contribution in [2.45, 2.75) is 20.4 Å². The SMILES string of the molecule is CN(Cc1ccccn1)C(=O)[C@H]1[C@H](C=O)C1(C)C. The van der Waals surface area contributed by atoms with Gasteiger partial charge in [-0.3, -0.25) is 9.78 Å². The molecule has 1 aliphatic carbocycles. The van der Waals surface area contributed by atoms with Crippen LogP contribution in [0.2, 0.25) is 0 Å². The van der Waals surface area contributed by atoms with Crippen LogP contribution >= 0.6 is 0 Å². The predicted molar refractivity (Wildman–Crippen MR) is 67.5 cm³/mol. The zero-order valence-corrected chi connectivity index (χ0v) is 11.0. The fourth-order valence-corrected chi connectivity index (χ4v) is 2.45. The highest BCUT2D eigenvalue weighted by atomic mass is 16.2. The van der Waals surface area contributed by atoms with Crippen LogP contribution in [0.15, 0.2) is 24.4 Å². The van der Waals surface area contributed by atoms with Gasteiger partial charge in [0.25, 0.3) is 0 Å². The molecule has 1 saturated carbocycles. The van der Waals surface area contributed by atoms with E-state index in [9.17, 15) is 9.59 Å². The van der Waals surface area contributed by atoms with Gasteiger partial charge in [-0.1, -0.05) is 19.9 Å². The van der Waals surface area contributed by atoms with Crippen LogP contribution in [0.25, 0.3) is 0 Å². The van der Waals surface area contributed by atoms with Crippen LogP contribution in [-0.2, 0) is 16.1 Å². The molecule has 0 bridgehead atoms. The molecule has 2 rings (SSSR count). The first-order valence-electron chi connectivity index (χ1n) is 6.08. The molecule has 4 nitrogen and oxygen atoms in total. The molecule has 0 radical (unpaired) electrons. The Balaban J connectivity index is 2.01. The lowest BCUT2D eigenvalue weighted by molar-refractivity contribution is -0.133. The molecular weight excluding hydrogens is 228 g/mol. The van der Waals surface area contributed by atoms with Crippen molar-refractivity contribution in [2.24, 2.45) is 17.3 Å². The number of aromatic nitrogens is 1. The summed E-state index contributed by atoms with van der Waals surface area (Å²) in [5.41, 5.74) is 0.659. The Morgan fingerprint density at radius 1 is 1.50 bits per heavy atom. The summed E-state index contributed by atoms with van der Waals surface area (Å²) in [7, 11) is 1.76. The van der Waals surface area contributed by atoms with E-state index in [0.717, 1.165) is 12.0 Å². The molecule has 18 heavy (non-hydrogen) atoms. The molecule has 1 heterocycles. The van der Waals surface area contributed by atoms with Gasteiger partial charge in [0.05, 0.1) is 18.2 Å². The predicted octanol–water partition coefficient (Wildman–Crippen LogP) is 1.51. The fraction of sp³-hybridized carbons (Fsp3) is 0.500. The Bertz CT molecular complexity index is 456. The normalized spacial score (nSPS) is 24.4. The van der Waals surface area contributed by atoms with Crippen molar-refractivity contribution in [3.8, 4) is 0 Å². The van der Waals surface area contributed by atoms with Gasteiger partial charge >= 0.3 is 0 Å². The summed E-state index contributed by atoms with van der Waals surface area (Å²) in [6, 6.07) is 5.63. The number of amides is 1. The fourth-order valence-electron chi connectivity index (χ4n) is 2.45. The molecule has 1 aliphatic rings. The first kappa shape index (κ1) is 12.7. The van der Waals surface area contributed by atoms with Gasteiger partial charge in [0.1, 0.15) is 6.29 Å². The van der Waals surface area contributed by atoms with Gasteiger partial charge in [0.2, 0.25) is 5.91 Å². The van der Waals surface area contributed by atoms with Gasteiger partial charge < -0.3 is 9.69 Å². The lowest BCUT2D eigenvalue weighted by atomic mass is 10.1. The maximum atomic E-state index is 12.2. The summed E-state index contributed by atoms with van der Waals surface area (Å²) in [5, 5.41) is 0. The molecule has 1 amide bonds. The molecule has 0 aromatic carbocycles. The third-order valence-corrected chi connectivity index (χ3v) is 3.82. The number of hydrogen-bond donors (Lipinski definition) is 0. The molecule has 1 aromatic rings. The van der Waals surface area contributed by atoms with Crippen molar-refractivity contribution >= 4 is 12.2 Å². The largest absolute Gasteiger partial charge is 0.340 e. The van der Waals surface area contributed by atoms with Crippen molar-refractivity contribution in [3.63, 3.8) is 0 Å².